The average molecular weight is 212 g/mol. The van der Waals surface area contributed by atoms with Gasteiger partial charge >= 0.3 is 0 Å². The van der Waals surface area contributed by atoms with E-state index in [1.54, 1.807) is 0 Å². The summed E-state index contributed by atoms with van der Waals surface area (Å²) in [5.74, 6) is 0. The summed E-state index contributed by atoms with van der Waals surface area (Å²) in [6.07, 6.45) is 0. The second kappa shape index (κ2) is 4.37. The van der Waals surface area contributed by atoms with E-state index in [9.17, 15) is 5.21 Å². The molecule has 0 aliphatic rings. The molecular weight excluding hydrogens is 198 g/mol. The molecule has 2 rings (SSSR count). The lowest BCUT2D eigenvalue weighted by Gasteiger charge is -2.32. The zero-order chi connectivity index (χ0) is 11.5. The van der Waals surface area contributed by atoms with Crippen LogP contribution in [0.15, 0.2) is 48.5 Å². The Kier molecular flexibility index (Phi) is 2.93. The fraction of sp³-hybridized carbons (Fsp3) is 0.143. The summed E-state index contributed by atoms with van der Waals surface area (Å²) in [5.41, 5.74) is 3.54. The number of anilines is 2. The number of benzene rings is 2. The normalized spacial score (nSPS) is 10.2. The van der Waals surface area contributed by atoms with E-state index < -0.39 is 0 Å². The molecule has 2 aromatic carbocycles. The zero-order valence-corrected chi connectivity index (χ0v) is 9.47. The summed E-state index contributed by atoms with van der Waals surface area (Å²) in [5, 5.41) is 13.1. The van der Waals surface area contributed by atoms with E-state index in [0.717, 1.165) is 16.2 Å². The van der Waals surface area contributed by atoms with Crippen molar-refractivity contribution in [2.75, 3.05) is 5.06 Å². The largest absolute Gasteiger partial charge is 0.754 e. The summed E-state index contributed by atoms with van der Waals surface area (Å²) in [6.45, 7) is 3.98. The number of aryl methyl sites for hydroxylation is 1. The smallest absolute Gasteiger partial charge is 0.0335 e. The van der Waals surface area contributed by atoms with E-state index in [2.05, 4.69) is 0 Å². The van der Waals surface area contributed by atoms with Gasteiger partial charge in [0.25, 0.3) is 0 Å². The minimum atomic E-state index is 0.663. The van der Waals surface area contributed by atoms with Crippen molar-refractivity contribution in [3.05, 3.63) is 64.9 Å². The van der Waals surface area contributed by atoms with Crippen LogP contribution in [0.5, 0.6) is 0 Å². The molecule has 0 saturated heterocycles. The molecule has 2 nitrogen and oxygen atoms in total. The molecule has 0 N–H and O–H groups in total. The molecule has 0 amide bonds. The third kappa shape index (κ3) is 1.92. The number of hydrogen-bond acceptors (Lipinski definition) is 2. The van der Waals surface area contributed by atoms with Crippen LogP contribution in [0.2, 0.25) is 0 Å². The Morgan fingerprint density at radius 2 is 1.56 bits per heavy atom. The SMILES string of the molecule is Cc1cccc(N([O-])c2ccccc2)c1C. The monoisotopic (exact) mass is 212 g/mol. The number of rotatable bonds is 2. The quantitative estimate of drug-likeness (QED) is 0.705. The van der Waals surface area contributed by atoms with Gasteiger partial charge in [-0.05, 0) is 43.2 Å². The first-order valence-electron chi connectivity index (χ1n) is 5.28. The topological polar surface area (TPSA) is 26.3 Å². The molecule has 0 heterocycles. The summed E-state index contributed by atoms with van der Waals surface area (Å²) < 4.78 is 0. The Labute approximate surface area is 95.7 Å². The fourth-order valence-corrected chi connectivity index (χ4v) is 1.66. The number of para-hydroxylation sites is 1. The van der Waals surface area contributed by atoms with Crippen LogP contribution in [0, 0.1) is 19.1 Å². The highest BCUT2D eigenvalue weighted by Crippen LogP contribution is 2.28. The van der Waals surface area contributed by atoms with Crippen LogP contribution >= 0.6 is 0 Å². The minimum absolute atomic E-state index is 0.663. The Hall–Kier alpha value is -1.80. The van der Waals surface area contributed by atoms with Crippen molar-refractivity contribution in [2.45, 2.75) is 13.8 Å². The van der Waals surface area contributed by atoms with E-state index in [1.807, 2.05) is 62.4 Å². The molecule has 2 aromatic rings. The lowest BCUT2D eigenvalue weighted by Crippen LogP contribution is -2.08. The first-order valence-corrected chi connectivity index (χ1v) is 5.28. The maximum absolute atomic E-state index is 12.1. The van der Waals surface area contributed by atoms with Gasteiger partial charge in [-0.1, -0.05) is 30.3 Å². The molecule has 0 atom stereocenters. The minimum Gasteiger partial charge on any atom is -0.754 e. The van der Waals surface area contributed by atoms with Gasteiger partial charge in [-0.15, -0.1) is 0 Å². The summed E-state index contributed by atoms with van der Waals surface area (Å²) >= 11 is 0. The Morgan fingerprint density at radius 1 is 0.875 bits per heavy atom. The molecule has 0 radical (unpaired) electrons. The van der Waals surface area contributed by atoms with Gasteiger partial charge in [0, 0.05) is 11.4 Å². The molecule has 0 aromatic heterocycles. The van der Waals surface area contributed by atoms with Crippen molar-refractivity contribution in [1.82, 2.24) is 0 Å². The molecule has 0 spiro atoms. The molecule has 0 fully saturated rings. The highest BCUT2D eigenvalue weighted by atomic mass is 16.5. The third-order valence-corrected chi connectivity index (χ3v) is 2.79. The Bertz CT molecular complexity index is 479. The van der Waals surface area contributed by atoms with Gasteiger partial charge in [-0.3, -0.25) is 0 Å². The maximum Gasteiger partial charge on any atom is 0.0335 e. The van der Waals surface area contributed by atoms with Crippen molar-refractivity contribution in [3.8, 4) is 0 Å². The first-order chi connectivity index (χ1) is 7.70. The molecule has 2 heteroatoms. The van der Waals surface area contributed by atoms with Crippen LogP contribution < -0.4 is 5.06 Å². The predicted octanol–water partition coefficient (Wildman–Crippen LogP) is 3.94. The van der Waals surface area contributed by atoms with Gasteiger partial charge in [-0.25, -0.2) is 0 Å². The Morgan fingerprint density at radius 3 is 2.25 bits per heavy atom. The van der Waals surface area contributed by atoms with E-state index in [-0.39, 0.29) is 0 Å². The van der Waals surface area contributed by atoms with Crippen molar-refractivity contribution in [2.24, 2.45) is 0 Å². The molecule has 0 unspecified atom stereocenters. The highest BCUT2D eigenvalue weighted by Gasteiger charge is 2.03. The lowest BCUT2D eigenvalue weighted by molar-refractivity contribution is 1.23. The zero-order valence-electron chi connectivity index (χ0n) is 9.47. The molecule has 0 saturated carbocycles. The molecule has 0 aliphatic carbocycles. The van der Waals surface area contributed by atoms with Crippen molar-refractivity contribution in [1.29, 1.82) is 0 Å². The summed E-state index contributed by atoms with van der Waals surface area (Å²) in [6, 6.07) is 15.0. The van der Waals surface area contributed by atoms with Crippen molar-refractivity contribution < 1.29 is 0 Å². The maximum atomic E-state index is 12.1. The molecule has 16 heavy (non-hydrogen) atoms. The highest BCUT2D eigenvalue weighted by molar-refractivity contribution is 5.68. The summed E-state index contributed by atoms with van der Waals surface area (Å²) in [7, 11) is 0. The van der Waals surface area contributed by atoms with Crippen LogP contribution in [0.3, 0.4) is 0 Å². The van der Waals surface area contributed by atoms with Crippen molar-refractivity contribution >= 4 is 11.4 Å². The summed E-state index contributed by atoms with van der Waals surface area (Å²) in [4.78, 5) is 0. The molecule has 0 bridgehead atoms. The van der Waals surface area contributed by atoms with Crippen LogP contribution in [0.4, 0.5) is 11.4 Å². The van der Waals surface area contributed by atoms with Gasteiger partial charge in [0.05, 0.1) is 0 Å². The predicted molar refractivity (Wildman–Crippen MR) is 67.9 cm³/mol. The van der Waals surface area contributed by atoms with Gasteiger partial charge in [0.15, 0.2) is 0 Å². The Balaban J connectivity index is 2.42. The lowest BCUT2D eigenvalue weighted by atomic mass is 10.1. The second-order valence-corrected chi connectivity index (χ2v) is 3.85. The van der Waals surface area contributed by atoms with Crippen LogP contribution in [-0.4, -0.2) is 0 Å². The molecule has 0 aliphatic heterocycles. The van der Waals surface area contributed by atoms with Crippen LogP contribution in [0.25, 0.3) is 0 Å². The van der Waals surface area contributed by atoms with Gasteiger partial charge in [-0.2, -0.15) is 0 Å². The average Bonchev–Trinajstić information content (AvgIpc) is 2.33. The number of nitrogens with zero attached hydrogens (tertiary/aromatic N) is 1. The van der Waals surface area contributed by atoms with E-state index in [4.69, 9.17) is 0 Å². The number of hydrogen-bond donors (Lipinski definition) is 0. The van der Waals surface area contributed by atoms with E-state index in [1.165, 1.54) is 0 Å². The molecule has 82 valence electrons. The van der Waals surface area contributed by atoms with Gasteiger partial charge in [0.2, 0.25) is 0 Å². The van der Waals surface area contributed by atoms with E-state index in [0.29, 0.717) is 11.4 Å². The molecular formula is C14H14NO-. The van der Waals surface area contributed by atoms with Crippen LogP contribution in [-0.2, 0) is 0 Å². The van der Waals surface area contributed by atoms with Gasteiger partial charge < -0.3 is 10.3 Å². The standard InChI is InChI=1S/C14H14NO/c1-11-7-6-10-14(12(11)2)15(16)13-8-4-3-5-9-13/h3-10H,1-2H3/q-1. The van der Waals surface area contributed by atoms with Gasteiger partial charge in [0.1, 0.15) is 0 Å². The second-order valence-electron chi connectivity index (χ2n) is 3.85. The fourth-order valence-electron chi connectivity index (χ4n) is 1.66. The van der Waals surface area contributed by atoms with Crippen molar-refractivity contribution in [3.63, 3.8) is 0 Å². The first kappa shape index (κ1) is 10.7. The van der Waals surface area contributed by atoms with Crippen LogP contribution in [0.1, 0.15) is 11.1 Å². The third-order valence-electron chi connectivity index (χ3n) is 2.79. The van der Waals surface area contributed by atoms with E-state index >= 15 is 0 Å².